The summed E-state index contributed by atoms with van der Waals surface area (Å²) in [5.74, 6) is 2.33. The van der Waals surface area contributed by atoms with Crippen molar-refractivity contribution in [3.05, 3.63) is 23.8 Å². The van der Waals surface area contributed by atoms with Gasteiger partial charge < -0.3 is 14.8 Å². The highest BCUT2D eigenvalue weighted by molar-refractivity contribution is 5.43. The first-order valence-electron chi connectivity index (χ1n) is 7.09. The molecule has 0 spiro atoms. The second kappa shape index (κ2) is 8.05. The summed E-state index contributed by atoms with van der Waals surface area (Å²) in [6.45, 7) is 4.52. The highest BCUT2D eigenvalue weighted by atomic mass is 16.5. The van der Waals surface area contributed by atoms with E-state index in [0.29, 0.717) is 6.04 Å². The number of nitrogens with one attached hydrogen (secondary N) is 1. The SMILES string of the molecule is CCC(CC)CC(NC)c1ccc(OC)c(OC)c1. The Morgan fingerprint density at radius 3 is 2.16 bits per heavy atom. The zero-order chi connectivity index (χ0) is 14.3. The molecule has 3 heteroatoms. The van der Waals surface area contributed by atoms with E-state index in [1.807, 2.05) is 13.1 Å². The molecule has 0 aliphatic carbocycles. The molecule has 0 saturated heterocycles. The molecule has 19 heavy (non-hydrogen) atoms. The van der Waals surface area contributed by atoms with E-state index in [1.165, 1.54) is 18.4 Å². The lowest BCUT2D eigenvalue weighted by molar-refractivity contribution is 0.351. The molecule has 1 aromatic carbocycles. The van der Waals surface area contributed by atoms with Gasteiger partial charge in [0, 0.05) is 6.04 Å². The summed E-state index contributed by atoms with van der Waals surface area (Å²) in [5.41, 5.74) is 1.26. The van der Waals surface area contributed by atoms with Gasteiger partial charge in [0.15, 0.2) is 11.5 Å². The van der Waals surface area contributed by atoms with Gasteiger partial charge in [0.25, 0.3) is 0 Å². The summed E-state index contributed by atoms with van der Waals surface area (Å²) >= 11 is 0. The third kappa shape index (κ3) is 4.13. The van der Waals surface area contributed by atoms with Crippen molar-refractivity contribution < 1.29 is 9.47 Å². The minimum atomic E-state index is 0.365. The van der Waals surface area contributed by atoms with Crippen molar-refractivity contribution in [3.8, 4) is 11.5 Å². The Morgan fingerprint density at radius 2 is 1.68 bits per heavy atom. The van der Waals surface area contributed by atoms with Gasteiger partial charge in [-0.2, -0.15) is 0 Å². The van der Waals surface area contributed by atoms with Gasteiger partial charge in [-0.1, -0.05) is 32.8 Å². The Labute approximate surface area is 117 Å². The molecule has 1 N–H and O–H groups in total. The van der Waals surface area contributed by atoms with Gasteiger partial charge in [-0.15, -0.1) is 0 Å². The third-order valence-corrected chi connectivity index (χ3v) is 3.88. The molecule has 1 rings (SSSR count). The Kier molecular flexibility index (Phi) is 6.71. The van der Waals surface area contributed by atoms with Crippen LogP contribution < -0.4 is 14.8 Å². The molecule has 108 valence electrons. The average Bonchev–Trinajstić information content (AvgIpc) is 2.48. The molecule has 1 unspecified atom stereocenters. The molecule has 0 amide bonds. The summed E-state index contributed by atoms with van der Waals surface area (Å²) in [6.07, 6.45) is 3.60. The first-order valence-corrected chi connectivity index (χ1v) is 7.09. The molecule has 0 aliphatic rings. The van der Waals surface area contributed by atoms with E-state index < -0.39 is 0 Å². The summed E-state index contributed by atoms with van der Waals surface area (Å²) in [4.78, 5) is 0. The van der Waals surface area contributed by atoms with Crippen molar-refractivity contribution >= 4 is 0 Å². The van der Waals surface area contributed by atoms with E-state index in [9.17, 15) is 0 Å². The maximum Gasteiger partial charge on any atom is 0.161 e. The smallest absolute Gasteiger partial charge is 0.161 e. The minimum absolute atomic E-state index is 0.365. The van der Waals surface area contributed by atoms with Crippen LogP contribution in [-0.2, 0) is 0 Å². The van der Waals surface area contributed by atoms with Crippen molar-refractivity contribution in [1.29, 1.82) is 0 Å². The molecule has 0 radical (unpaired) electrons. The predicted octanol–water partition coefficient (Wildman–Crippen LogP) is 3.79. The second-order valence-electron chi connectivity index (χ2n) is 4.87. The topological polar surface area (TPSA) is 30.5 Å². The number of hydrogen-bond donors (Lipinski definition) is 1. The van der Waals surface area contributed by atoms with Gasteiger partial charge in [-0.25, -0.2) is 0 Å². The lowest BCUT2D eigenvalue weighted by atomic mass is 9.91. The summed E-state index contributed by atoms with van der Waals surface area (Å²) in [6, 6.07) is 6.53. The fourth-order valence-electron chi connectivity index (χ4n) is 2.45. The van der Waals surface area contributed by atoms with Crippen molar-refractivity contribution in [2.24, 2.45) is 5.92 Å². The van der Waals surface area contributed by atoms with Crippen LogP contribution in [0.4, 0.5) is 0 Å². The Balaban J connectivity index is 2.92. The molecule has 0 bridgehead atoms. The highest BCUT2D eigenvalue weighted by Crippen LogP contribution is 2.32. The maximum absolute atomic E-state index is 5.38. The van der Waals surface area contributed by atoms with Gasteiger partial charge in [0.1, 0.15) is 0 Å². The molecule has 0 aromatic heterocycles. The molecule has 1 aromatic rings. The van der Waals surface area contributed by atoms with Crippen LogP contribution in [0.1, 0.15) is 44.7 Å². The number of rotatable bonds is 8. The van der Waals surface area contributed by atoms with E-state index >= 15 is 0 Å². The average molecular weight is 265 g/mol. The van der Waals surface area contributed by atoms with Crippen molar-refractivity contribution in [3.63, 3.8) is 0 Å². The van der Waals surface area contributed by atoms with E-state index in [4.69, 9.17) is 9.47 Å². The monoisotopic (exact) mass is 265 g/mol. The van der Waals surface area contributed by atoms with Crippen molar-refractivity contribution in [2.75, 3.05) is 21.3 Å². The lowest BCUT2D eigenvalue weighted by Gasteiger charge is -2.22. The first-order chi connectivity index (χ1) is 9.19. The maximum atomic E-state index is 5.38. The fraction of sp³-hybridized carbons (Fsp3) is 0.625. The zero-order valence-electron chi connectivity index (χ0n) is 12.8. The van der Waals surface area contributed by atoms with Crippen LogP contribution in [0, 0.1) is 5.92 Å². The normalized spacial score (nSPS) is 12.5. The van der Waals surface area contributed by atoms with Crippen LogP contribution in [0.5, 0.6) is 11.5 Å². The van der Waals surface area contributed by atoms with Crippen LogP contribution in [0.15, 0.2) is 18.2 Å². The van der Waals surface area contributed by atoms with Crippen LogP contribution in [-0.4, -0.2) is 21.3 Å². The number of benzene rings is 1. The second-order valence-corrected chi connectivity index (χ2v) is 4.87. The standard InChI is InChI=1S/C16H27NO2/c1-6-12(7-2)10-14(17-3)13-8-9-15(18-4)16(11-13)19-5/h8-9,11-12,14,17H,6-7,10H2,1-5H3. The molecule has 3 nitrogen and oxygen atoms in total. The largest absolute Gasteiger partial charge is 0.493 e. The third-order valence-electron chi connectivity index (χ3n) is 3.88. The van der Waals surface area contributed by atoms with Crippen LogP contribution in [0.25, 0.3) is 0 Å². The van der Waals surface area contributed by atoms with Gasteiger partial charge in [-0.3, -0.25) is 0 Å². The number of methoxy groups -OCH3 is 2. The molecular weight excluding hydrogens is 238 g/mol. The minimum Gasteiger partial charge on any atom is -0.493 e. The molecular formula is C16H27NO2. The quantitative estimate of drug-likeness (QED) is 0.775. The lowest BCUT2D eigenvalue weighted by Crippen LogP contribution is -2.19. The number of hydrogen-bond acceptors (Lipinski definition) is 3. The predicted molar refractivity (Wildman–Crippen MR) is 80.0 cm³/mol. The van der Waals surface area contributed by atoms with Gasteiger partial charge in [0.05, 0.1) is 14.2 Å². The Hall–Kier alpha value is -1.22. The van der Waals surface area contributed by atoms with Crippen LogP contribution in [0.3, 0.4) is 0 Å². The van der Waals surface area contributed by atoms with Gasteiger partial charge >= 0.3 is 0 Å². The van der Waals surface area contributed by atoms with E-state index in [0.717, 1.165) is 23.8 Å². The number of ether oxygens (including phenoxy) is 2. The van der Waals surface area contributed by atoms with Gasteiger partial charge in [-0.05, 0) is 37.1 Å². The Morgan fingerprint density at radius 1 is 1.05 bits per heavy atom. The van der Waals surface area contributed by atoms with Crippen LogP contribution in [0.2, 0.25) is 0 Å². The molecule has 0 saturated carbocycles. The first kappa shape index (κ1) is 15.8. The fourth-order valence-corrected chi connectivity index (χ4v) is 2.45. The highest BCUT2D eigenvalue weighted by Gasteiger charge is 2.16. The van der Waals surface area contributed by atoms with Crippen LogP contribution >= 0.6 is 0 Å². The molecule has 0 aliphatic heterocycles. The van der Waals surface area contributed by atoms with E-state index in [2.05, 4.69) is 31.3 Å². The molecule has 0 fully saturated rings. The van der Waals surface area contributed by atoms with Crippen molar-refractivity contribution in [1.82, 2.24) is 5.32 Å². The van der Waals surface area contributed by atoms with Gasteiger partial charge in [0.2, 0.25) is 0 Å². The molecule has 0 heterocycles. The summed E-state index contributed by atoms with van der Waals surface area (Å²) < 4.78 is 10.7. The van der Waals surface area contributed by atoms with Crippen molar-refractivity contribution in [2.45, 2.75) is 39.2 Å². The van der Waals surface area contributed by atoms with E-state index in [1.54, 1.807) is 14.2 Å². The summed E-state index contributed by atoms with van der Waals surface area (Å²) in [5, 5.41) is 3.41. The zero-order valence-corrected chi connectivity index (χ0v) is 12.8. The Bertz CT molecular complexity index is 375. The molecule has 1 atom stereocenters. The summed E-state index contributed by atoms with van der Waals surface area (Å²) in [7, 11) is 5.36. The van der Waals surface area contributed by atoms with E-state index in [-0.39, 0.29) is 0 Å².